The number of aryl methyl sites for hydroxylation is 1. The summed E-state index contributed by atoms with van der Waals surface area (Å²) in [5.74, 6) is -0.240. The third kappa shape index (κ3) is 5.41. The van der Waals surface area contributed by atoms with Crippen LogP contribution < -0.4 is 24.4 Å². The van der Waals surface area contributed by atoms with Gasteiger partial charge < -0.3 is 14.2 Å². The van der Waals surface area contributed by atoms with Crippen LogP contribution in [0.3, 0.4) is 0 Å². The highest BCUT2D eigenvalue weighted by atomic mass is 32.1. The number of allylic oxidation sites excluding steroid dienone is 1. The molecule has 3 aromatic rings. The Hall–Kier alpha value is -3.98. The van der Waals surface area contributed by atoms with Crippen LogP contribution in [0.2, 0.25) is 0 Å². The maximum absolute atomic E-state index is 13.7. The van der Waals surface area contributed by atoms with E-state index in [1.807, 2.05) is 38.1 Å². The number of carbonyl (C=O) groups excluding carboxylic acids is 2. The van der Waals surface area contributed by atoms with Crippen molar-refractivity contribution >= 4 is 29.4 Å². The van der Waals surface area contributed by atoms with Gasteiger partial charge >= 0.3 is 11.9 Å². The Balaban J connectivity index is 1.88. The molecule has 1 atom stereocenters. The summed E-state index contributed by atoms with van der Waals surface area (Å²) in [5, 5.41) is 0. The fourth-order valence-corrected chi connectivity index (χ4v) is 5.18. The van der Waals surface area contributed by atoms with E-state index in [4.69, 9.17) is 14.2 Å². The molecule has 9 heteroatoms. The Morgan fingerprint density at radius 3 is 2.43 bits per heavy atom. The van der Waals surface area contributed by atoms with Crippen molar-refractivity contribution in [3.05, 3.63) is 90.1 Å². The van der Waals surface area contributed by atoms with Gasteiger partial charge in [0.2, 0.25) is 0 Å². The molecule has 4 rings (SSSR count). The maximum Gasteiger partial charge on any atom is 0.338 e. The van der Waals surface area contributed by atoms with Crippen LogP contribution in [0.1, 0.15) is 50.4 Å². The molecule has 0 saturated heterocycles. The van der Waals surface area contributed by atoms with Crippen molar-refractivity contribution in [2.45, 2.75) is 40.7 Å². The standard InChI is InChI=1S/C28H28N2O6S/c1-6-34-22-14-19(10-13-21(22)36-18(5)31)15-23-26(32)30-25(20-11-8-16(3)9-12-20)24(27(33)35-7-2)17(4)29-28(30)37-23/h8-15,25H,6-7H2,1-5H3/t25-/m0/s1. The summed E-state index contributed by atoms with van der Waals surface area (Å²) in [6.07, 6.45) is 1.74. The Labute approximate surface area is 218 Å². The van der Waals surface area contributed by atoms with Crippen LogP contribution in [-0.2, 0) is 14.3 Å². The summed E-state index contributed by atoms with van der Waals surface area (Å²) < 4.78 is 18.2. The zero-order valence-electron chi connectivity index (χ0n) is 21.4. The first kappa shape index (κ1) is 26.1. The first-order chi connectivity index (χ1) is 17.7. The van der Waals surface area contributed by atoms with Gasteiger partial charge in [0, 0.05) is 6.92 Å². The number of rotatable bonds is 7. The third-order valence-electron chi connectivity index (χ3n) is 5.73. The van der Waals surface area contributed by atoms with Crippen LogP contribution in [0.25, 0.3) is 6.08 Å². The van der Waals surface area contributed by atoms with Gasteiger partial charge in [-0.05, 0) is 57.0 Å². The number of hydrogen-bond donors (Lipinski definition) is 0. The Bertz CT molecular complexity index is 1560. The highest BCUT2D eigenvalue weighted by Gasteiger charge is 2.33. The van der Waals surface area contributed by atoms with E-state index in [-0.39, 0.29) is 12.2 Å². The molecule has 0 aliphatic carbocycles. The molecule has 0 unspecified atom stereocenters. The van der Waals surface area contributed by atoms with Crippen molar-refractivity contribution in [3.63, 3.8) is 0 Å². The number of carbonyl (C=O) groups is 2. The normalized spacial score (nSPS) is 15.2. The van der Waals surface area contributed by atoms with E-state index in [0.29, 0.717) is 44.3 Å². The minimum Gasteiger partial charge on any atom is -0.490 e. The predicted molar refractivity (Wildman–Crippen MR) is 140 cm³/mol. The van der Waals surface area contributed by atoms with E-state index >= 15 is 0 Å². The molecular formula is C28H28N2O6S. The summed E-state index contributed by atoms with van der Waals surface area (Å²) in [5.41, 5.74) is 3.13. The van der Waals surface area contributed by atoms with Crippen molar-refractivity contribution < 1.29 is 23.8 Å². The molecule has 8 nitrogen and oxygen atoms in total. The molecule has 2 heterocycles. The quantitative estimate of drug-likeness (QED) is 0.350. The van der Waals surface area contributed by atoms with Crippen molar-refractivity contribution in [2.75, 3.05) is 13.2 Å². The number of aromatic nitrogens is 1. The van der Waals surface area contributed by atoms with Gasteiger partial charge in [-0.25, -0.2) is 9.79 Å². The lowest BCUT2D eigenvalue weighted by Crippen LogP contribution is -2.39. The summed E-state index contributed by atoms with van der Waals surface area (Å²) >= 11 is 1.24. The molecule has 1 aromatic heterocycles. The highest BCUT2D eigenvalue weighted by molar-refractivity contribution is 7.07. The van der Waals surface area contributed by atoms with Crippen molar-refractivity contribution in [2.24, 2.45) is 4.99 Å². The maximum atomic E-state index is 13.7. The molecule has 1 aliphatic heterocycles. The summed E-state index contributed by atoms with van der Waals surface area (Å²) in [6, 6.07) is 12.1. The number of fused-ring (bicyclic) bond motifs is 1. The molecule has 37 heavy (non-hydrogen) atoms. The fraction of sp³-hybridized carbons (Fsp3) is 0.286. The lowest BCUT2D eigenvalue weighted by molar-refractivity contribution is -0.139. The molecular weight excluding hydrogens is 492 g/mol. The van der Waals surface area contributed by atoms with Gasteiger partial charge in [-0.3, -0.25) is 14.2 Å². The number of ether oxygens (including phenoxy) is 3. The van der Waals surface area contributed by atoms with Gasteiger partial charge in [-0.2, -0.15) is 0 Å². The van der Waals surface area contributed by atoms with Crippen molar-refractivity contribution in [3.8, 4) is 11.5 Å². The number of benzene rings is 2. The highest BCUT2D eigenvalue weighted by Crippen LogP contribution is 2.31. The van der Waals surface area contributed by atoms with Crippen LogP contribution in [0.15, 0.2) is 63.5 Å². The topological polar surface area (TPSA) is 96.2 Å². The van der Waals surface area contributed by atoms with Crippen molar-refractivity contribution in [1.29, 1.82) is 0 Å². The molecule has 0 fully saturated rings. The molecule has 0 N–H and O–H groups in total. The van der Waals surface area contributed by atoms with E-state index in [0.717, 1.165) is 11.1 Å². The molecule has 0 amide bonds. The average Bonchev–Trinajstić information content (AvgIpc) is 3.14. The van der Waals surface area contributed by atoms with E-state index in [1.165, 1.54) is 18.3 Å². The Morgan fingerprint density at radius 1 is 1.05 bits per heavy atom. The van der Waals surface area contributed by atoms with Crippen LogP contribution in [0, 0.1) is 6.92 Å². The summed E-state index contributed by atoms with van der Waals surface area (Å²) in [6.45, 7) is 9.22. The van der Waals surface area contributed by atoms with Crippen LogP contribution in [0.4, 0.5) is 0 Å². The second-order valence-corrected chi connectivity index (χ2v) is 9.45. The third-order valence-corrected chi connectivity index (χ3v) is 6.71. The van der Waals surface area contributed by atoms with E-state index in [1.54, 1.807) is 42.7 Å². The van der Waals surface area contributed by atoms with Crippen molar-refractivity contribution in [1.82, 2.24) is 4.57 Å². The Kier molecular flexibility index (Phi) is 7.73. The van der Waals surface area contributed by atoms with Crippen LogP contribution >= 0.6 is 11.3 Å². The molecule has 0 spiro atoms. The van der Waals surface area contributed by atoms with Gasteiger partial charge in [0.15, 0.2) is 16.3 Å². The van der Waals surface area contributed by atoms with Crippen LogP contribution in [0.5, 0.6) is 11.5 Å². The number of nitrogens with zero attached hydrogens (tertiary/aromatic N) is 2. The van der Waals surface area contributed by atoms with Gasteiger partial charge in [-0.1, -0.05) is 47.2 Å². The van der Waals surface area contributed by atoms with Gasteiger partial charge in [-0.15, -0.1) is 0 Å². The fourth-order valence-electron chi connectivity index (χ4n) is 4.13. The molecule has 2 aromatic carbocycles. The van der Waals surface area contributed by atoms with Gasteiger partial charge in [0.25, 0.3) is 5.56 Å². The lowest BCUT2D eigenvalue weighted by Gasteiger charge is -2.24. The zero-order valence-corrected chi connectivity index (χ0v) is 22.2. The summed E-state index contributed by atoms with van der Waals surface area (Å²) in [7, 11) is 0. The first-order valence-corrected chi connectivity index (χ1v) is 12.8. The predicted octanol–water partition coefficient (Wildman–Crippen LogP) is 3.43. The minimum atomic E-state index is -0.664. The largest absolute Gasteiger partial charge is 0.490 e. The van der Waals surface area contributed by atoms with Gasteiger partial charge in [0.05, 0.1) is 35.1 Å². The summed E-state index contributed by atoms with van der Waals surface area (Å²) in [4.78, 5) is 43.2. The zero-order chi connectivity index (χ0) is 26.7. The number of esters is 2. The minimum absolute atomic E-state index is 0.214. The van der Waals surface area contributed by atoms with Gasteiger partial charge in [0.1, 0.15) is 0 Å². The molecule has 0 saturated carbocycles. The van der Waals surface area contributed by atoms with Crippen LogP contribution in [-0.4, -0.2) is 29.7 Å². The van der Waals surface area contributed by atoms with E-state index < -0.39 is 18.0 Å². The smallest absolute Gasteiger partial charge is 0.338 e. The second kappa shape index (κ2) is 11.0. The molecule has 0 bridgehead atoms. The SMILES string of the molecule is CCOC(=O)C1=C(C)N=c2sc(=Cc3ccc(OC(C)=O)c(OCC)c3)c(=O)n2[C@H]1c1ccc(C)cc1. The molecule has 1 aliphatic rings. The lowest BCUT2D eigenvalue weighted by atomic mass is 9.95. The number of thiazole rings is 1. The number of hydrogen-bond acceptors (Lipinski definition) is 8. The second-order valence-electron chi connectivity index (χ2n) is 8.45. The van der Waals surface area contributed by atoms with E-state index in [9.17, 15) is 14.4 Å². The Morgan fingerprint density at radius 2 is 1.78 bits per heavy atom. The first-order valence-electron chi connectivity index (χ1n) is 11.9. The molecule has 0 radical (unpaired) electrons. The molecule has 192 valence electrons. The monoisotopic (exact) mass is 520 g/mol. The van der Waals surface area contributed by atoms with E-state index in [2.05, 4.69) is 4.99 Å². The average molecular weight is 521 g/mol.